The van der Waals surface area contributed by atoms with Gasteiger partial charge < -0.3 is 15.2 Å². The summed E-state index contributed by atoms with van der Waals surface area (Å²) in [6, 6.07) is -1.08. The summed E-state index contributed by atoms with van der Waals surface area (Å²) < 4.78 is 26.8. The van der Waals surface area contributed by atoms with Crippen molar-refractivity contribution in [2.24, 2.45) is 0 Å². The highest BCUT2D eigenvalue weighted by Gasteiger charge is 2.23. The third-order valence-electron chi connectivity index (χ3n) is 2.25. The van der Waals surface area contributed by atoms with Gasteiger partial charge >= 0.3 is 12.1 Å². The number of aliphatic carboxylic acids is 1. The largest absolute Gasteiger partial charge is 0.480 e. The zero-order chi connectivity index (χ0) is 16.0. The molecule has 0 aromatic heterocycles. The Balaban J connectivity index is 4.25. The molecule has 0 aliphatic heterocycles. The summed E-state index contributed by atoms with van der Waals surface area (Å²) in [7, 11) is -3.05. The van der Waals surface area contributed by atoms with Gasteiger partial charge in [0.15, 0.2) is 0 Å². The van der Waals surface area contributed by atoms with E-state index in [1.165, 1.54) is 0 Å². The number of carbonyl (C=O) groups is 2. The van der Waals surface area contributed by atoms with Gasteiger partial charge in [-0.25, -0.2) is 18.0 Å². The van der Waals surface area contributed by atoms with Crippen molar-refractivity contribution in [2.75, 3.05) is 12.0 Å². The second-order valence-corrected chi connectivity index (χ2v) is 7.92. The number of sulfone groups is 1. The van der Waals surface area contributed by atoms with Crippen molar-refractivity contribution in [3.05, 3.63) is 0 Å². The standard InChI is InChI=1S/C12H23NO6S/c1-12(2,3)19-11(16)13-9(10(14)15)7-5-6-8-20(4,17)18/h9H,5-8H2,1-4H3,(H,13,16)(H,14,15). The van der Waals surface area contributed by atoms with Crippen LogP contribution in [0.25, 0.3) is 0 Å². The number of hydrogen-bond acceptors (Lipinski definition) is 5. The van der Waals surface area contributed by atoms with Crippen LogP contribution in [0.15, 0.2) is 0 Å². The highest BCUT2D eigenvalue weighted by Crippen LogP contribution is 2.08. The van der Waals surface area contributed by atoms with Crippen molar-refractivity contribution in [3.8, 4) is 0 Å². The third kappa shape index (κ3) is 10.6. The fourth-order valence-corrected chi connectivity index (χ4v) is 2.15. The summed E-state index contributed by atoms with van der Waals surface area (Å²) in [4.78, 5) is 22.5. The summed E-state index contributed by atoms with van der Waals surface area (Å²) in [5.74, 6) is -1.17. The number of ether oxygens (including phenoxy) is 1. The maximum absolute atomic E-state index is 11.5. The van der Waals surface area contributed by atoms with E-state index in [-0.39, 0.29) is 12.2 Å². The van der Waals surface area contributed by atoms with Gasteiger partial charge in [-0.15, -0.1) is 0 Å². The number of hydrogen-bond donors (Lipinski definition) is 2. The van der Waals surface area contributed by atoms with E-state index in [2.05, 4.69) is 5.32 Å². The number of amides is 1. The molecule has 0 aliphatic carbocycles. The molecule has 7 nitrogen and oxygen atoms in total. The van der Waals surface area contributed by atoms with Gasteiger partial charge in [0.05, 0.1) is 0 Å². The maximum atomic E-state index is 11.5. The molecule has 0 heterocycles. The number of carboxylic acids is 1. The highest BCUT2D eigenvalue weighted by atomic mass is 32.2. The van der Waals surface area contributed by atoms with Crippen LogP contribution in [-0.2, 0) is 19.4 Å². The molecule has 0 bridgehead atoms. The topological polar surface area (TPSA) is 110 Å². The van der Waals surface area contributed by atoms with Crippen molar-refractivity contribution in [2.45, 2.75) is 51.7 Å². The lowest BCUT2D eigenvalue weighted by atomic mass is 10.1. The van der Waals surface area contributed by atoms with E-state index in [9.17, 15) is 18.0 Å². The molecule has 0 fully saturated rings. The third-order valence-corrected chi connectivity index (χ3v) is 3.28. The number of carbonyl (C=O) groups excluding carboxylic acids is 1. The van der Waals surface area contributed by atoms with E-state index >= 15 is 0 Å². The van der Waals surface area contributed by atoms with Gasteiger partial charge in [-0.05, 0) is 40.0 Å². The molecule has 0 rings (SSSR count). The van der Waals surface area contributed by atoms with Gasteiger partial charge in [-0.1, -0.05) is 0 Å². The molecule has 1 atom stereocenters. The molecule has 0 spiro atoms. The SMILES string of the molecule is CC(C)(C)OC(=O)NC(CCCCS(C)(=O)=O)C(=O)O. The summed E-state index contributed by atoms with van der Waals surface area (Å²) in [5, 5.41) is 11.3. The molecule has 8 heteroatoms. The van der Waals surface area contributed by atoms with Crippen molar-refractivity contribution >= 4 is 21.9 Å². The monoisotopic (exact) mass is 309 g/mol. The Kier molecular flexibility index (Phi) is 6.98. The van der Waals surface area contributed by atoms with Gasteiger partial charge in [0, 0.05) is 12.0 Å². The first kappa shape index (κ1) is 18.7. The van der Waals surface area contributed by atoms with Crippen LogP contribution in [0.3, 0.4) is 0 Å². The van der Waals surface area contributed by atoms with E-state index in [1.54, 1.807) is 20.8 Å². The number of nitrogens with one attached hydrogen (secondary N) is 1. The van der Waals surface area contributed by atoms with Crippen molar-refractivity contribution in [1.29, 1.82) is 0 Å². The Morgan fingerprint density at radius 1 is 1.25 bits per heavy atom. The van der Waals surface area contributed by atoms with Crippen LogP contribution in [0.1, 0.15) is 40.0 Å². The van der Waals surface area contributed by atoms with E-state index in [4.69, 9.17) is 9.84 Å². The van der Waals surface area contributed by atoms with Crippen molar-refractivity contribution in [1.82, 2.24) is 5.32 Å². The lowest BCUT2D eigenvalue weighted by molar-refractivity contribution is -0.139. The van der Waals surface area contributed by atoms with Gasteiger partial charge in [0.2, 0.25) is 0 Å². The fourth-order valence-electron chi connectivity index (χ4n) is 1.42. The molecule has 0 aromatic carbocycles. The summed E-state index contributed by atoms with van der Waals surface area (Å²) in [5.41, 5.74) is -0.705. The minimum absolute atomic E-state index is 0.00573. The van der Waals surface area contributed by atoms with Crippen molar-refractivity contribution in [3.63, 3.8) is 0 Å². The number of carboxylic acid groups (broad SMARTS) is 1. The summed E-state index contributed by atoms with van der Waals surface area (Å²) in [6.07, 6.45) is 1.23. The predicted octanol–water partition coefficient (Wildman–Crippen LogP) is 1.18. The normalized spacial score (nSPS) is 13.6. The molecular weight excluding hydrogens is 286 g/mol. The van der Waals surface area contributed by atoms with Crippen LogP contribution in [-0.4, -0.2) is 49.2 Å². The zero-order valence-corrected chi connectivity index (χ0v) is 13.1. The molecule has 1 unspecified atom stereocenters. The first-order valence-electron chi connectivity index (χ1n) is 6.31. The molecule has 0 aliphatic rings. The van der Waals surface area contributed by atoms with Gasteiger partial charge in [0.1, 0.15) is 21.5 Å². The molecule has 1 amide bonds. The zero-order valence-electron chi connectivity index (χ0n) is 12.3. The van der Waals surface area contributed by atoms with Crippen molar-refractivity contribution < 1.29 is 27.9 Å². The Bertz CT molecular complexity index is 437. The molecule has 118 valence electrons. The minimum Gasteiger partial charge on any atom is -0.480 e. The average Bonchev–Trinajstić information content (AvgIpc) is 2.17. The number of unbranched alkanes of at least 4 members (excludes halogenated alkanes) is 1. The quantitative estimate of drug-likeness (QED) is 0.683. The summed E-state index contributed by atoms with van der Waals surface area (Å²) >= 11 is 0. The number of rotatable bonds is 7. The molecule has 2 N–H and O–H groups in total. The van der Waals surface area contributed by atoms with Crippen LogP contribution < -0.4 is 5.32 Å². The Morgan fingerprint density at radius 3 is 2.20 bits per heavy atom. The van der Waals surface area contributed by atoms with Crippen LogP contribution in [0.5, 0.6) is 0 Å². The highest BCUT2D eigenvalue weighted by molar-refractivity contribution is 7.90. The fraction of sp³-hybridized carbons (Fsp3) is 0.833. The lowest BCUT2D eigenvalue weighted by Crippen LogP contribution is -2.43. The Labute approximate surface area is 119 Å². The van der Waals surface area contributed by atoms with Crippen LogP contribution >= 0.6 is 0 Å². The number of alkyl carbamates (subject to hydrolysis) is 1. The summed E-state index contributed by atoms with van der Waals surface area (Å²) in [6.45, 7) is 5.03. The second-order valence-electron chi connectivity index (χ2n) is 5.66. The van der Waals surface area contributed by atoms with E-state index in [0.717, 1.165) is 6.26 Å². The first-order valence-corrected chi connectivity index (χ1v) is 8.37. The average molecular weight is 309 g/mol. The molecule has 0 aromatic rings. The van der Waals surface area contributed by atoms with Gasteiger partial charge in [-0.3, -0.25) is 0 Å². The Morgan fingerprint density at radius 2 is 1.80 bits per heavy atom. The molecule has 0 saturated carbocycles. The van der Waals surface area contributed by atoms with E-state index in [0.29, 0.717) is 12.8 Å². The minimum atomic E-state index is -3.05. The smallest absolute Gasteiger partial charge is 0.408 e. The molecular formula is C12H23NO6S. The van der Waals surface area contributed by atoms with Gasteiger partial charge in [-0.2, -0.15) is 0 Å². The Hall–Kier alpha value is -1.31. The molecule has 20 heavy (non-hydrogen) atoms. The van der Waals surface area contributed by atoms with Crippen LogP contribution in [0.2, 0.25) is 0 Å². The molecule has 0 radical (unpaired) electrons. The second kappa shape index (κ2) is 7.47. The first-order chi connectivity index (χ1) is 8.91. The predicted molar refractivity (Wildman–Crippen MR) is 74.4 cm³/mol. The lowest BCUT2D eigenvalue weighted by Gasteiger charge is -2.22. The van der Waals surface area contributed by atoms with Gasteiger partial charge in [0.25, 0.3) is 0 Å². The van der Waals surface area contributed by atoms with E-state index in [1.807, 2.05) is 0 Å². The molecule has 0 saturated heterocycles. The maximum Gasteiger partial charge on any atom is 0.408 e. The van der Waals surface area contributed by atoms with Crippen LogP contribution in [0.4, 0.5) is 4.79 Å². The van der Waals surface area contributed by atoms with Crippen LogP contribution in [0, 0.1) is 0 Å². The van der Waals surface area contributed by atoms with E-state index < -0.39 is 33.5 Å².